The van der Waals surface area contributed by atoms with E-state index in [9.17, 15) is 0 Å². The van der Waals surface area contributed by atoms with Gasteiger partial charge in [0.2, 0.25) is 0 Å². The van der Waals surface area contributed by atoms with Gasteiger partial charge >= 0.3 is 0 Å². The maximum absolute atomic E-state index is 15.2. The van der Waals surface area contributed by atoms with Gasteiger partial charge in [0.15, 0.2) is 7.14 Å². The van der Waals surface area contributed by atoms with Crippen molar-refractivity contribution in [2.45, 2.75) is 71.2 Å². The smallest absolute Gasteiger partial charge is 0.158 e. The van der Waals surface area contributed by atoms with Gasteiger partial charge in [-0.1, -0.05) is 74.2 Å². The van der Waals surface area contributed by atoms with Gasteiger partial charge in [-0.05, 0) is 77.2 Å². The van der Waals surface area contributed by atoms with E-state index in [1.165, 1.54) is 26.2 Å². The molecular formula is C30H31OPS2. The zero-order valence-corrected chi connectivity index (χ0v) is 22.2. The molecule has 1 nitrogen and oxygen atoms in total. The van der Waals surface area contributed by atoms with E-state index in [4.69, 9.17) is 0 Å². The first-order valence-corrected chi connectivity index (χ1v) is 15.9. The Labute approximate surface area is 212 Å². The van der Waals surface area contributed by atoms with Gasteiger partial charge in [-0.15, -0.1) is 23.5 Å². The zero-order valence-electron chi connectivity index (χ0n) is 19.7. The largest absolute Gasteiger partial charge is 0.310 e. The van der Waals surface area contributed by atoms with Crippen LogP contribution in [-0.4, -0.2) is 10.5 Å². The van der Waals surface area contributed by atoms with Crippen molar-refractivity contribution in [1.29, 1.82) is 0 Å². The predicted octanol–water partition coefficient (Wildman–Crippen LogP) is 9.70. The van der Waals surface area contributed by atoms with E-state index in [1.807, 2.05) is 23.5 Å². The van der Waals surface area contributed by atoms with Crippen LogP contribution in [0, 0.1) is 0 Å². The second-order valence-corrected chi connectivity index (χ2v) is 15.4. The molecule has 5 atom stereocenters. The Morgan fingerprint density at radius 3 is 2.47 bits per heavy atom. The molecule has 34 heavy (non-hydrogen) atoms. The summed E-state index contributed by atoms with van der Waals surface area (Å²) in [7, 11) is -2.83. The third-order valence-corrected chi connectivity index (χ3v) is 14.3. The third-order valence-electron chi connectivity index (χ3n) is 7.97. The lowest BCUT2D eigenvalue weighted by atomic mass is 9.88. The quantitative estimate of drug-likeness (QED) is 0.379. The summed E-state index contributed by atoms with van der Waals surface area (Å²) in [6.07, 6.45) is 13.5. The Bertz CT molecular complexity index is 1290. The molecule has 0 radical (unpaired) electrons. The molecule has 2 aromatic rings. The summed E-state index contributed by atoms with van der Waals surface area (Å²) in [5.41, 5.74) is 2.91. The molecule has 0 spiro atoms. The summed E-state index contributed by atoms with van der Waals surface area (Å²) in [6.45, 7) is 6.89. The number of thioether (sulfide) groups is 2. The molecule has 4 aliphatic rings. The number of hydrogen-bond acceptors (Lipinski definition) is 3. The van der Waals surface area contributed by atoms with Gasteiger partial charge in [0.25, 0.3) is 0 Å². The molecule has 174 valence electrons. The Morgan fingerprint density at radius 1 is 1.00 bits per heavy atom. The first-order valence-electron chi connectivity index (χ1n) is 12.4. The lowest BCUT2D eigenvalue weighted by molar-refractivity contribution is 0.573. The van der Waals surface area contributed by atoms with Crippen LogP contribution in [0.4, 0.5) is 0 Å². The van der Waals surface area contributed by atoms with Crippen LogP contribution in [0.1, 0.15) is 62.0 Å². The highest BCUT2D eigenvalue weighted by atomic mass is 32.2. The lowest BCUT2D eigenvalue weighted by Gasteiger charge is -2.33. The summed E-state index contributed by atoms with van der Waals surface area (Å²) in [4.78, 5) is 2.78. The van der Waals surface area contributed by atoms with Crippen LogP contribution in [-0.2, 0) is 4.57 Å². The Balaban J connectivity index is 1.32. The van der Waals surface area contributed by atoms with Crippen molar-refractivity contribution < 1.29 is 4.57 Å². The van der Waals surface area contributed by atoms with E-state index >= 15 is 4.57 Å². The molecule has 4 heteroatoms. The lowest BCUT2D eigenvalue weighted by Crippen LogP contribution is -2.16. The number of fused-ring (bicyclic) bond motifs is 4. The summed E-state index contributed by atoms with van der Waals surface area (Å²) >= 11 is 3.91. The fraction of sp³-hybridized carbons (Fsp3) is 0.333. The molecule has 0 N–H and O–H groups in total. The van der Waals surface area contributed by atoms with Crippen LogP contribution in [0.3, 0.4) is 0 Å². The maximum atomic E-state index is 15.2. The highest BCUT2D eigenvalue weighted by molar-refractivity contribution is 8.00. The highest BCUT2D eigenvalue weighted by Crippen LogP contribution is 2.72. The molecule has 6 rings (SSSR count). The number of benzene rings is 2. The van der Waals surface area contributed by atoms with Crippen LogP contribution in [0.5, 0.6) is 0 Å². The molecule has 0 saturated heterocycles. The minimum absolute atomic E-state index is 0.394. The monoisotopic (exact) mass is 502 g/mol. The van der Waals surface area contributed by atoms with Crippen molar-refractivity contribution in [3.05, 3.63) is 106 Å². The topological polar surface area (TPSA) is 17.1 Å². The molecule has 0 saturated carbocycles. The molecule has 5 unspecified atom stereocenters. The summed E-state index contributed by atoms with van der Waals surface area (Å²) in [5, 5.41) is 4.06. The average molecular weight is 503 g/mol. The molecule has 0 aromatic heterocycles. The molecule has 2 heterocycles. The van der Waals surface area contributed by atoms with Gasteiger partial charge in [-0.25, -0.2) is 0 Å². The van der Waals surface area contributed by atoms with E-state index in [0.717, 1.165) is 42.7 Å². The third kappa shape index (κ3) is 3.76. The minimum atomic E-state index is -2.83. The normalized spacial score (nSPS) is 28.9. The van der Waals surface area contributed by atoms with Crippen LogP contribution in [0.2, 0.25) is 0 Å². The van der Waals surface area contributed by atoms with E-state index in [2.05, 4.69) is 86.3 Å². The van der Waals surface area contributed by atoms with E-state index in [0.29, 0.717) is 22.3 Å². The molecule has 0 bridgehead atoms. The van der Waals surface area contributed by atoms with Crippen molar-refractivity contribution in [1.82, 2.24) is 0 Å². The van der Waals surface area contributed by atoms with Gasteiger partial charge in [0.1, 0.15) is 0 Å². The minimum Gasteiger partial charge on any atom is -0.310 e. The molecule has 0 fully saturated rings. The van der Waals surface area contributed by atoms with E-state index in [1.54, 1.807) is 0 Å². The zero-order chi connectivity index (χ0) is 23.3. The molecule has 2 aliphatic heterocycles. The van der Waals surface area contributed by atoms with Gasteiger partial charge in [-0.2, -0.15) is 0 Å². The van der Waals surface area contributed by atoms with Crippen molar-refractivity contribution in [2.24, 2.45) is 0 Å². The van der Waals surface area contributed by atoms with Gasteiger partial charge in [0, 0.05) is 26.2 Å². The fourth-order valence-corrected chi connectivity index (χ4v) is 12.5. The van der Waals surface area contributed by atoms with E-state index < -0.39 is 7.14 Å². The van der Waals surface area contributed by atoms with Gasteiger partial charge < -0.3 is 4.57 Å². The standard InChI is InChI=1S/C30H31OPS2/c1-20(18-29-21(2)24-12-6-8-14-27(24)33-29)32(31,22-10-4-3-5-11-22)23-16-17-26-25-13-7-9-15-28(25)34-30(26)19-23/h3-4,6-10,12-15,19,21,26,29-30H,1,5,11,16-18H2,2H3. The van der Waals surface area contributed by atoms with Gasteiger partial charge in [-0.3, -0.25) is 0 Å². The van der Waals surface area contributed by atoms with Crippen LogP contribution in [0.15, 0.2) is 105 Å². The van der Waals surface area contributed by atoms with Gasteiger partial charge in [0.05, 0.1) is 0 Å². The second kappa shape index (κ2) is 9.08. The fourth-order valence-electron chi connectivity index (χ4n) is 6.06. The molecule has 2 aliphatic carbocycles. The van der Waals surface area contributed by atoms with Crippen molar-refractivity contribution in [2.75, 3.05) is 0 Å². The summed E-state index contributed by atoms with van der Waals surface area (Å²) in [6, 6.07) is 17.6. The summed E-state index contributed by atoms with van der Waals surface area (Å²) < 4.78 is 15.2. The number of hydrogen-bond donors (Lipinski definition) is 0. The highest BCUT2D eigenvalue weighted by Gasteiger charge is 2.42. The molecule has 2 aromatic carbocycles. The van der Waals surface area contributed by atoms with Crippen molar-refractivity contribution in [3.63, 3.8) is 0 Å². The predicted molar refractivity (Wildman–Crippen MR) is 148 cm³/mol. The Hall–Kier alpha value is -1.67. The first kappa shape index (κ1) is 22.8. The maximum Gasteiger partial charge on any atom is 0.158 e. The Kier molecular flexibility index (Phi) is 6.08. The van der Waals surface area contributed by atoms with Crippen molar-refractivity contribution in [3.8, 4) is 0 Å². The molecular weight excluding hydrogens is 471 g/mol. The first-order chi connectivity index (χ1) is 16.6. The van der Waals surface area contributed by atoms with Crippen LogP contribution >= 0.6 is 30.7 Å². The van der Waals surface area contributed by atoms with Crippen LogP contribution < -0.4 is 0 Å². The number of rotatable bonds is 5. The second-order valence-electron chi connectivity index (χ2n) is 9.91. The molecule has 0 amide bonds. The van der Waals surface area contributed by atoms with Crippen molar-refractivity contribution >= 4 is 30.7 Å². The summed E-state index contributed by atoms with van der Waals surface area (Å²) in [5.74, 6) is 1.00. The van der Waals surface area contributed by atoms with E-state index in [-0.39, 0.29) is 0 Å². The average Bonchev–Trinajstić information content (AvgIpc) is 3.41. The van der Waals surface area contributed by atoms with Crippen LogP contribution in [0.25, 0.3) is 0 Å². The Morgan fingerprint density at radius 2 is 1.74 bits per heavy atom. The SMILES string of the molecule is C=C(CC1Sc2ccccc2C1C)P(=O)(C1=CC=CCC1)C1=CC2Sc3ccccc3C2CC1. The number of allylic oxidation sites excluding steroid dienone is 6.